The number of ether oxygens (including phenoxy) is 2. The number of carbonyl (C=O) groups excluding carboxylic acids is 2. The van der Waals surface area contributed by atoms with E-state index in [4.69, 9.17) is 9.47 Å². The van der Waals surface area contributed by atoms with Gasteiger partial charge < -0.3 is 9.47 Å². The lowest BCUT2D eigenvalue weighted by Crippen LogP contribution is -2.48. The van der Waals surface area contributed by atoms with Gasteiger partial charge in [0, 0.05) is 5.41 Å². The quantitative estimate of drug-likeness (QED) is 0.751. The van der Waals surface area contributed by atoms with Crippen molar-refractivity contribution in [3.05, 3.63) is 35.4 Å². The fourth-order valence-electron chi connectivity index (χ4n) is 5.73. The summed E-state index contributed by atoms with van der Waals surface area (Å²) >= 11 is 0. The molecule has 1 aromatic carbocycles. The standard InChI is InChI=1S/C21H26O4/c1-2-24-19(22)17-3-5-18(6-4-17)20(23)25-13-21-10-14-7-15(11-21)9-16(8-14)12-21/h3-6,14-16H,2,7-13H2,1H3. The SMILES string of the molecule is CCOC(=O)c1ccc(C(=O)OCC23CC4CC(CC(C4)C2)C3)cc1. The molecule has 4 fully saturated rings. The smallest absolute Gasteiger partial charge is 0.338 e. The fraction of sp³-hybridized carbons (Fsp3) is 0.619. The first-order chi connectivity index (χ1) is 12.1. The highest BCUT2D eigenvalue weighted by atomic mass is 16.5. The Kier molecular flexibility index (Phi) is 4.30. The highest BCUT2D eigenvalue weighted by molar-refractivity contribution is 5.93. The molecule has 0 radical (unpaired) electrons. The van der Waals surface area contributed by atoms with E-state index in [1.165, 1.54) is 38.5 Å². The second kappa shape index (κ2) is 6.47. The molecule has 0 saturated heterocycles. The van der Waals surface area contributed by atoms with Crippen LogP contribution in [0.2, 0.25) is 0 Å². The molecule has 0 atom stereocenters. The van der Waals surface area contributed by atoms with E-state index in [-0.39, 0.29) is 17.4 Å². The van der Waals surface area contributed by atoms with Gasteiger partial charge in [-0.1, -0.05) is 0 Å². The lowest BCUT2D eigenvalue weighted by molar-refractivity contribution is -0.0848. The van der Waals surface area contributed by atoms with Gasteiger partial charge in [-0.25, -0.2) is 9.59 Å². The fourth-order valence-corrected chi connectivity index (χ4v) is 5.73. The Morgan fingerprint density at radius 3 is 1.76 bits per heavy atom. The van der Waals surface area contributed by atoms with E-state index in [2.05, 4.69) is 0 Å². The molecule has 4 nitrogen and oxygen atoms in total. The monoisotopic (exact) mass is 342 g/mol. The molecular formula is C21H26O4. The number of rotatable bonds is 5. The first-order valence-corrected chi connectivity index (χ1v) is 9.51. The Bertz CT molecular complexity index is 626. The highest BCUT2D eigenvalue weighted by Gasteiger charge is 2.51. The highest BCUT2D eigenvalue weighted by Crippen LogP contribution is 2.60. The molecule has 0 amide bonds. The topological polar surface area (TPSA) is 52.6 Å². The maximum absolute atomic E-state index is 12.4. The van der Waals surface area contributed by atoms with Gasteiger partial charge in [-0.15, -0.1) is 0 Å². The molecule has 5 rings (SSSR count). The van der Waals surface area contributed by atoms with E-state index < -0.39 is 0 Å². The van der Waals surface area contributed by atoms with Crippen molar-refractivity contribution in [1.29, 1.82) is 0 Å². The Morgan fingerprint density at radius 1 is 0.880 bits per heavy atom. The first kappa shape index (κ1) is 16.6. The molecule has 134 valence electrons. The van der Waals surface area contributed by atoms with Crippen LogP contribution >= 0.6 is 0 Å². The van der Waals surface area contributed by atoms with Gasteiger partial charge in [0.15, 0.2) is 0 Å². The van der Waals surface area contributed by atoms with Crippen molar-refractivity contribution >= 4 is 11.9 Å². The van der Waals surface area contributed by atoms with E-state index in [0.29, 0.717) is 24.3 Å². The largest absolute Gasteiger partial charge is 0.462 e. The zero-order chi connectivity index (χ0) is 17.4. The minimum absolute atomic E-state index is 0.231. The van der Waals surface area contributed by atoms with Crippen LogP contribution in [0.1, 0.15) is 66.2 Å². The van der Waals surface area contributed by atoms with Gasteiger partial charge in [-0.05, 0) is 87.5 Å². The van der Waals surface area contributed by atoms with Crippen molar-refractivity contribution in [1.82, 2.24) is 0 Å². The maximum Gasteiger partial charge on any atom is 0.338 e. The summed E-state index contributed by atoms with van der Waals surface area (Å²) in [4.78, 5) is 24.1. The van der Waals surface area contributed by atoms with Crippen molar-refractivity contribution in [2.45, 2.75) is 45.4 Å². The van der Waals surface area contributed by atoms with Crippen molar-refractivity contribution < 1.29 is 19.1 Å². The number of benzene rings is 1. The van der Waals surface area contributed by atoms with Crippen LogP contribution in [0.15, 0.2) is 24.3 Å². The molecule has 4 aliphatic carbocycles. The van der Waals surface area contributed by atoms with Crippen LogP contribution in [-0.4, -0.2) is 25.2 Å². The summed E-state index contributed by atoms with van der Waals surface area (Å²) in [5, 5.41) is 0. The predicted octanol–water partition coefficient (Wildman–Crippen LogP) is 4.24. The van der Waals surface area contributed by atoms with Crippen LogP contribution in [0.5, 0.6) is 0 Å². The van der Waals surface area contributed by atoms with Crippen LogP contribution in [0, 0.1) is 23.2 Å². The Morgan fingerprint density at radius 2 is 1.32 bits per heavy atom. The summed E-state index contributed by atoms with van der Waals surface area (Å²) in [5.41, 5.74) is 1.19. The molecule has 0 N–H and O–H groups in total. The van der Waals surface area contributed by atoms with Crippen LogP contribution in [0.3, 0.4) is 0 Å². The zero-order valence-electron chi connectivity index (χ0n) is 14.8. The van der Waals surface area contributed by atoms with Gasteiger partial charge in [0.05, 0.1) is 24.3 Å². The molecule has 1 aromatic rings. The third-order valence-corrected chi connectivity index (χ3v) is 6.31. The van der Waals surface area contributed by atoms with Crippen molar-refractivity contribution in [3.63, 3.8) is 0 Å². The van der Waals surface area contributed by atoms with Gasteiger partial charge in [-0.3, -0.25) is 0 Å². The first-order valence-electron chi connectivity index (χ1n) is 9.51. The molecule has 4 saturated carbocycles. The van der Waals surface area contributed by atoms with Crippen LogP contribution in [-0.2, 0) is 9.47 Å². The average Bonchev–Trinajstić information content (AvgIpc) is 2.59. The minimum atomic E-state index is -0.365. The second-order valence-corrected chi connectivity index (χ2v) is 8.29. The lowest BCUT2D eigenvalue weighted by atomic mass is 9.50. The Labute approximate surface area is 148 Å². The van der Waals surface area contributed by atoms with Crippen molar-refractivity contribution in [2.24, 2.45) is 23.2 Å². The van der Waals surface area contributed by atoms with E-state index in [0.717, 1.165) is 17.8 Å². The Hall–Kier alpha value is -1.84. The summed E-state index contributed by atoms with van der Waals surface area (Å²) in [7, 11) is 0. The van der Waals surface area contributed by atoms with Crippen LogP contribution in [0.4, 0.5) is 0 Å². The lowest BCUT2D eigenvalue weighted by Gasteiger charge is -2.56. The van der Waals surface area contributed by atoms with Gasteiger partial charge in [0.1, 0.15) is 0 Å². The summed E-state index contributed by atoms with van der Waals surface area (Å²) in [6.07, 6.45) is 7.86. The molecule has 4 aliphatic rings. The zero-order valence-corrected chi connectivity index (χ0v) is 14.8. The number of carbonyl (C=O) groups is 2. The summed E-state index contributed by atoms with van der Waals surface area (Å²) in [5.74, 6) is 1.92. The molecule has 0 spiro atoms. The molecule has 0 unspecified atom stereocenters. The summed E-state index contributed by atoms with van der Waals surface area (Å²) < 4.78 is 10.7. The Balaban J connectivity index is 1.37. The van der Waals surface area contributed by atoms with E-state index in [1.54, 1.807) is 31.2 Å². The third kappa shape index (κ3) is 3.31. The molecule has 25 heavy (non-hydrogen) atoms. The van der Waals surface area contributed by atoms with Crippen molar-refractivity contribution in [2.75, 3.05) is 13.2 Å². The normalized spacial score (nSPS) is 32.4. The second-order valence-electron chi connectivity index (χ2n) is 8.29. The van der Waals surface area contributed by atoms with E-state index in [9.17, 15) is 9.59 Å². The molecule has 4 heteroatoms. The van der Waals surface area contributed by atoms with E-state index >= 15 is 0 Å². The van der Waals surface area contributed by atoms with Gasteiger partial charge in [0.25, 0.3) is 0 Å². The predicted molar refractivity (Wildman–Crippen MR) is 93.3 cm³/mol. The summed E-state index contributed by atoms with van der Waals surface area (Å²) in [6.45, 7) is 2.66. The molecule has 4 bridgehead atoms. The van der Waals surface area contributed by atoms with Gasteiger partial charge in [-0.2, -0.15) is 0 Å². The summed E-state index contributed by atoms with van der Waals surface area (Å²) in [6, 6.07) is 6.54. The van der Waals surface area contributed by atoms with Gasteiger partial charge >= 0.3 is 11.9 Å². The molecular weight excluding hydrogens is 316 g/mol. The number of hydrogen-bond donors (Lipinski definition) is 0. The van der Waals surface area contributed by atoms with Crippen LogP contribution < -0.4 is 0 Å². The maximum atomic E-state index is 12.4. The molecule has 0 heterocycles. The molecule has 0 aliphatic heterocycles. The van der Waals surface area contributed by atoms with Crippen molar-refractivity contribution in [3.8, 4) is 0 Å². The number of esters is 2. The van der Waals surface area contributed by atoms with E-state index in [1.807, 2.05) is 0 Å². The number of hydrogen-bond acceptors (Lipinski definition) is 4. The van der Waals surface area contributed by atoms with Crippen LogP contribution in [0.25, 0.3) is 0 Å². The molecule has 0 aromatic heterocycles. The third-order valence-electron chi connectivity index (χ3n) is 6.31. The van der Waals surface area contributed by atoms with Gasteiger partial charge in [0.2, 0.25) is 0 Å². The minimum Gasteiger partial charge on any atom is -0.462 e. The average molecular weight is 342 g/mol.